The lowest BCUT2D eigenvalue weighted by Crippen LogP contribution is -2.47. The number of aromatic nitrogens is 4. The summed E-state index contributed by atoms with van der Waals surface area (Å²) in [5.41, 5.74) is 8.51. The summed E-state index contributed by atoms with van der Waals surface area (Å²) in [7, 11) is 1.95. The fourth-order valence-corrected chi connectivity index (χ4v) is 6.92. The number of nitrogens with two attached hydrogens (primary N) is 1. The first-order chi connectivity index (χ1) is 19.3. The van der Waals surface area contributed by atoms with E-state index in [0.29, 0.717) is 47.5 Å². The van der Waals surface area contributed by atoms with Gasteiger partial charge in [0.25, 0.3) is 0 Å². The van der Waals surface area contributed by atoms with Gasteiger partial charge in [-0.1, -0.05) is 0 Å². The molecule has 0 spiro atoms. The van der Waals surface area contributed by atoms with Gasteiger partial charge in [-0.3, -0.25) is 9.88 Å². The van der Waals surface area contributed by atoms with E-state index < -0.39 is 12.0 Å². The van der Waals surface area contributed by atoms with Crippen molar-refractivity contribution in [1.82, 2.24) is 30.2 Å². The number of nitrogen functional groups attached to an aromatic ring is 1. The second-order valence-electron chi connectivity index (χ2n) is 12.2. The van der Waals surface area contributed by atoms with Gasteiger partial charge in [0.15, 0.2) is 5.82 Å². The molecule has 1 saturated carbocycles. The molecular formula is C29H36F2N8O. The van der Waals surface area contributed by atoms with Gasteiger partial charge in [-0.25, -0.2) is 13.8 Å². The molecule has 7 rings (SSSR count). The van der Waals surface area contributed by atoms with E-state index in [2.05, 4.69) is 25.2 Å². The van der Waals surface area contributed by atoms with Crippen LogP contribution in [0.1, 0.15) is 49.1 Å². The highest BCUT2D eigenvalue weighted by molar-refractivity contribution is 5.92. The number of nitrogens with one attached hydrogen (secondary N) is 1. The number of halogens is 2. The van der Waals surface area contributed by atoms with E-state index in [9.17, 15) is 4.39 Å². The van der Waals surface area contributed by atoms with Crippen LogP contribution in [0.15, 0.2) is 12.3 Å². The van der Waals surface area contributed by atoms with Crippen molar-refractivity contribution in [3.05, 3.63) is 29.2 Å². The highest BCUT2D eigenvalue weighted by Gasteiger charge is 2.49. The Hall–Kier alpha value is -3.18. The predicted molar refractivity (Wildman–Crippen MR) is 150 cm³/mol. The summed E-state index contributed by atoms with van der Waals surface area (Å²) >= 11 is 0. The van der Waals surface area contributed by atoms with Crippen LogP contribution in [0.5, 0.6) is 6.01 Å². The van der Waals surface area contributed by atoms with Gasteiger partial charge in [0.2, 0.25) is 0 Å². The summed E-state index contributed by atoms with van der Waals surface area (Å²) in [6.45, 7) is 6.18. The van der Waals surface area contributed by atoms with Crippen molar-refractivity contribution in [2.75, 3.05) is 57.0 Å². The first kappa shape index (κ1) is 25.8. The molecule has 0 aromatic carbocycles. The maximum atomic E-state index is 16.5. The Kier molecular flexibility index (Phi) is 6.27. The molecule has 9 nitrogen and oxygen atoms in total. The molecule has 212 valence electrons. The van der Waals surface area contributed by atoms with Crippen molar-refractivity contribution in [1.29, 1.82) is 0 Å². The second-order valence-corrected chi connectivity index (χ2v) is 12.2. The number of anilines is 2. The standard InChI is InChI=1S/C29H36F2N8O/c1-16-8-21(32)35-25(22(16)18-4-5-18)26-23(31)24-20(12-34-26)27(38(2)13-17-10-33-11-17)37-28(36-24)40-15-29-6-3-7-39(29)14-19(30)9-29/h8,12,17-19,33H,3-7,9-11,13-15H2,1-2H3,(H2,32,35)/t19-,29+/m1/s1. The third-order valence-corrected chi connectivity index (χ3v) is 9.13. The summed E-state index contributed by atoms with van der Waals surface area (Å²) in [4.78, 5) is 22.7. The minimum Gasteiger partial charge on any atom is -0.461 e. The molecule has 3 aromatic rings. The number of hydrogen-bond donors (Lipinski definition) is 2. The zero-order chi connectivity index (χ0) is 27.6. The Bertz CT molecular complexity index is 1460. The van der Waals surface area contributed by atoms with Crippen LogP contribution in [-0.2, 0) is 0 Å². The van der Waals surface area contributed by atoms with E-state index in [1.807, 2.05) is 24.9 Å². The average molecular weight is 551 g/mol. The zero-order valence-corrected chi connectivity index (χ0v) is 23.1. The largest absolute Gasteiger partial charge is 0.461 e. The van der Waals surface area contributed by atoms with E-state index in [4.69, 9.17) is 15.5 Å². The first-order valence-corrected chi connectivity index (χ1v) is 14.4. The van der Waals surface area contributed by atoms with Crippen LogP contribution in [0, 0.1) is 18.7 Å². The Morgan fingerprint density at radius 3 is 2.80 bits per heavy atom. The van der Waals surface area contributed by atoms with Crippen molar-refractivity contribution in [2.45, 2.75) is 56.7 Å². The SMILES string of the molecule is Cc1cc(N)nc(-c2ncc3c(N(C)CC4CNC4)nc(OC[C@@]45CCCN4C[C@H](F)C5)nc3c2F)c1C1CC1. The Morgan fingerprint density at radius 2 is 2.05 bits per heavy atom. The number of pyridine rings is 2. The van der Waals surface area contributed by atoms with Gasteiger partial charge in [0.05, 0.1) is 16.6 Å². The van der Waals surface area contributed by atoms with E-state index in [1.54, 1.807) is 6.20 Å². The molecule has 3 aliphatic heterocycles. The highest BCUT2D eigenvalue weighted by Crippen LogP contribution is 2.46. The predicted octanol–water partition coefficient (Wildman–Crippen LogP) is 3.60. The third-order valence-electron chi connectivity index (χ3n) is 9.13. The molecule has 0 amide bonds. The fraction of sp³-hybridized carbons (Fsp3) is 0.586. The van der Waals surface area contributed by atoms with Crippen LogP contribution in [0.25, 0.3) is 22.3 Å². The van der Waals surface area contributed by atoms with Gasteiger partial charge in [-0.2, -0.15) is 9.97 Å². The molecule has 1 aliphatic carbocycles. The molecule has 4 fully saturated rings. The number of nitrogens with zero attached hydrogens (tertiary/aromatic N) is 6. The highest BCUT2D eigenvalue weighted by atomic mass is 19.1. The van der Waals surface area contributed by atoms with Crippen LogP contribution < -0.4 is 20.7 Å². The summed E-state index contributed by atoms with van der Waals surface area (Å²) in [5.74, 6) is 1.15. The van der Waals surface area contributed by atoms with Gasteiger partial charge < -0.3 is 20.7 Å². The van der Waals surface area contributed by atoms with Crippen molar-refractivity contribution in [2.24, 2.45) is 5.92 Å². The van der Waals surface area contributed by atoms with E-state index in [-0.39, 0.29) is 29.4 Å². The molecule has 11 heteroatoms. The van der Waals surface area contributed by atoms with Crippen LogP contribution in [0.2, 0.25) is 0 Å². The molecule has 0 radical (unpaired) electrons. The van der Waals surface area contributed by atoms with Crippen molar-refractivity contribution >= 4 is 22.5 Å². The van der Waals surface area contributed by atoms with Crippen LogP contribution >= 0.6 is 0 Å². The van der Waals surface area contributed by atoms with Crippen LogP contribution in [0.3, 0.4) is 0 Å². The van der Waals surface area contributed by atoms with Crippen molar-refractivity contribution < 1.29 is 13.5 Å². The molecule has 3 N–H and O–H groups in total. The average Bonchev–Trinajstić information content (AvgIpc) is 3.58. The number of rotatable bonds is 8. The van der Waals surface area contributed by atoms with E-state index >= 15 is 4.39 Å². The minimum absolute atomic E-state index is 0.0970. The molecule has 3 saturated heterocycles. The summed E-state index contributed by atoms with van der Waals surface area (Å²) in [6, 6.07) is 1.93. The molecule has 3 aromatic heterocycles. The van der Waals surface area contributed by atoms with Crippen LogP contribution in [-0.4, -0.2) is 82.9 Å². The van der Waals surface area contributed by atoms with Gasteiger partial charge in [-0.05, 0) is 62.3 Å². The number of hydrogen-bond acceptors (Lipinski definition) is 9. The zero-order valence-electron chi connectivity index (χ0n) is 23.1. The van der Waals surface area contributed by atoms with E-state index in [0.717, 1.165) is 63.0 Å². The number of fused-ring (bicyclic) bond motifs is 2. The lowest BCUT2D eigenvalue weighted by atomic mass is 9.95. The minimum atomic E-state index is -0.861. The van der Waals surface area contributed by atoms with Gasteiger partial charge in [0.1, 0.15) is 35.6 Å². The van der Waals surface area contributed by atoms with Crippen molar-refractivity contribution in [3.8, 4) is 17.4 Å². The monoisotopic (exact) mass is 550 g/mol. The molecule has 0 bridgehead atoms. The fourth-order valence-electron chi connectivity index (χ4n) is 6.92. The maximum absolute atomic E-state index is 16.5. The second kappa shape index (κ2) is 9.73. The smallest absolute Gasteiger partial charge is 0.319 e. The van der Waals surface area contributed by atoms with Crippen LogP contribution in [0.4, 0.5) is 20.4 Å². The summed E-state index contributed by atoms with van der Waals surface area (Å²) in [6.07, 6.45) is 5.18. The maximum Gasteiger partial charge on any atom is 0.319 e. The topological polar surface area (TPSA) is 105 Å². The molecule has 6 heterocycles. The summed E-state index contributed by atoms with van der Waals surface area (Å²) in [5, 5.41) is 3.81. The molecule has 0 unspecified atom stereocenters. The normalized spacial score (nSPS) is 24.9. The van der Waals surface area contributed by atoms with Gasteiger partial charge in [-0.15, -0.1) is 0 Å². The molecular weight excluding hydrogens is 514 g/mol. The third kappa shape index (κ3) is 4.43. The van der Waals surface area contributed by atoms with Gasteiger partial charge >= 0.3 is 6.01 Å². The Morgan fingerprint density at radius 1 is 1.23 bits per heavy atom. The Balaban J connectivity index is 1.31. The van der Waals surface area contributed by atoms with Crippen molar-refractivity contribution in [3.63, 3.8) is 0 Å². The number of aryl methyl sites for hydroxylation is 1. The Labute approximate surface area is 232 Å². The molecule has 4 aliphatic rings. The molecule has 40 heavy (non-hydrogen) atoms. The lowest BCUT2D eigenvalue weighted by Gasteiger charge is -2.32. The molecule has 2 atom stereocenters. The lowest BCUT2D eigenvalue weighted by molar-refractivity contribution is 0.107. The first-order valence-electron chi connectivity index (χ1n) is 14.4. The van der Waals surface area contributed by atoms with E-state index in [1.165, 1.54) is 0 Å². The van der Waals surface area contributed by atoms with Gasteiger partial charge in [0, 0.05) is 51.8 Å². The quantitative estimate of drug-likeness (QED) is 0.435. The number of alkyl halides is 1. The number of ether oxygens (including phenoxy) is 1. The summed E-state index contributed by atoms with van der Waals surface area (Å²) < 4.78 is 37.0.